The fourth-order valence-corrected chi connectivity index (χ4v) is 4.29. The summed E-state index contributed by atoms with van der Waals surface area (Å²) in [5.41, 5.74) is 4.36. The first-order valence-corrected chi connectivity index (χ1v) is 10.8. The summed E-state index contributed by atoms with van der Waals surface area (Å²) in [5.74, 6) is -0.687. The molecule has 1 aromatic heterocycles. The van der Waals surface area contributed by atoms with E-state index in [0.717, 1.165) is 31.4 Å². The van der Waals surface area contributed by atoms with Gasteiger partial charge in [-0.25, -0.2) is 18.7 Å². The van der Waals surface area contributed by atoms with E-state index >= 15 is 0 Å². The van der Waals surface area contributed by atoms with Crippen LogP contribution in [0.3, 0.4) is 0 Å². The number of aromatic nitrogens is 2. The Hall–Kier alpha value is -3.26. The Kier molecular flexibility index (Phi) is 5.38. The second kappa shape index (κ2) is 8.35. The predicted molar refractivity (Wildman–Crippen MR) is 120 cm³/mol. The maximum absolute atomic E-state index is 14.9. The quantitative estimate of drug-likeness (QED) is 0.630. The van der Waals surface area contributed by atoms with Crippen LogP contribution in [0.5, 0.6) is 5.75 Å². The van der Waals surface area contributed by atoms with Gasteiger partial charge < -0.3 is 20.3 Å². The zero-order valence-electron chi connectivity index (χ0n) is 18.1. The lowest BCUT2D eigenvalue weighted by molar-refractivity contribution is 0.287. The van der Waals surface area contributed by atoms with E-state index in [9.17, 15) is 8.78 Å². The molecule has 0 amide bonds. The Balaban J connectivity index is 1.49. The van der Waals surface area contributed by atoms with Crippen LogP contribution in [0.2, 0.25) is 0 Å². The van der Waals surface area contributed by atoms with Crippen molar-refractivity contribution >= 4 is 17.3 Å². The standard InChI is InChI=1S/C24H25F2N5O/c1-14(2)31-7-8-32-23-19(25)10-17(11-21(23)31)22-20(26)13-28-24(30-22)29-18-4-3-16-12-27-6-5-15(16)9-18/h3-4,9-11,13-14,27H,5-8,12H2,1-2H3,(H,28,29,30). The monoisotopic (exact) mass is 437 g/mol. The molecule has 8 heteroatoms. The predicted octanol–water partition coefficient (Wildman–Crippen LogP) is 4.42. The SMILES string of the molecule is CC(C)N1CCOc2c(F)cc(-c3nc(Nc4ccc5c(c4)CCNC5)ncc3F)cc21. The van der Waals surface area contributed by atoms with Crippen molar-refractivity contribution in [2.24, 2.45) is 0 Å². The molecule has 5 rings (SSSR count). The smallest absolute Gasteiger partial charge is 0.227 e. The van der Waals surface area contributed by atoms with Crippen LogP contribution in [0.4, 0.5) is 26.1 Å². The molecule has 0 atom stereocenters. The average molecular weight is 437 g/mol. The van der Waals surface area contributed by atoms with Crippen LogP contribution in [-0.2, 0) is 13.0 Å². The topological polar surface area (TPSA) is 62.3 Å². The summed E-state index contributed by atoms with van der Waals surface area (Å²) in [6.45, 7) is 6.90. The Morgan fingerprint density at radius 1 is 1.12 bits per heavy atom. The molecule has 6 nitrogen and oxygen atoms in total. The van der Waals surface area contributed by atoms with Crippen molar-refractivity contribution in [3.05, 3.63) is 59.3 Å². The van der Waals surface area contributed by atoms with E-state index in [1.807, 2.05) is 24.8 Å². The van der Waals surface area contributed by atoms with Crippen LogP contribution in [0, 0.1) is 11.6 Å². The second-order valence-corrected chi connectivity index (χ2v) is 8.37. The summed E-state index contributed by atoms with van der Waals surface area (Å²) in [7, 11) is 0. The van der Waals surface area contributed by atoms with E-state index < -0.39 is 11.6 Å². The van der Waals surface area contributed by atoms with Gasteiger partial charge in [0.2, 0.25) is 5.95 Å². The second-order valence-electron chi connectivity index (χ2n) is 8.37. The first-order chi connectivity index (χ1) is 15.5. The first kappa shape index (κ1) is 20.6. The summed E-state index contributed by atoms with van der Waals surface area (Å²) in [6, 6.07) is 9.24. The van der Waals surface area contributed by atoms with Crippen molar-refractivity contribution in [3.63, 3.8) is 0 Å². The van der Waals surface area contributed by atoms with Crippen molar-refractivity contribution in [3.8, 4) is 17.0 Å². The van der Waals surface area contributed by atoms with Crippen molar-refractivity contribution in [2.75, 3.05) is 29.9 Å². The van der Waals surface area contributed by atoms with Gasteiger partial charge in [-0.1, -0.05) is 6.07 Å². The largest absolute Gasteiger partial charge is 0.486 e. The minimum atomic E-state index is -0.612. The number of rotatable bonds is 4. The molecule has 2 aliphatic heterocycles. The van der Waals surface area contributed by atoms with E-state index in [0.29, 0.717) is 24.4 Å². The highest BCUT2D eigenvalue weighted by Crippen LogP contribution is 2.39. The Morgan fingerprint density at radius 3 is 2.84 bits per heavy atom. The molecule has 0 unspecified atom stereocenters. The number of hydrogen-bond donors (Lipinski definition) is 2. The zero-order chi connectivity index (χ0) is 22.2. The van der Waals surface area contributed by atoms with Crippen LogP contribution in [0.25, 0.3) is 11.3 Å². The van der Waals surface area contributed by atoms with E-state index in [4.69, 9.17) is 4.74 Å². The number of ether oxygens (including phenoxy) is 1. The van der Waals surface area contributed by atoms with Gasteiger partial charge in [0, 0.05) is 23.8 Å². The number of fused-ring (bicyclic) bond motifs is 2. The molecule has 0 spiro atoms. The third kappa shape index (κ3) is 3.86. The minimum absolute atomic E-state index is 0.0423. The molecule has 2 aliphatic rings. The lowest BCUT2D eigenvalue weighted by atomic mass is 10.0. The van der Waals surface area contributed by atoms with Crippen LogP contribution in [0.15, 0.2) is 36.5 Å². The van der Waals surface area contributed by atoms with Crippen molar-refractivity contribution < 1.29 is 13.5 Å². The maximum Gasteiger partial charge on any atom is 0.227 e. The lowest BCUT2D eigenvalue weighted by Gasteiger charge is -2.34. The Bertz CT molecular complexity index is 1170. The molecule has 2 aromatic carbocycles. The highest BCUT2D eigenvalue weighted by Gasteiger charge is 2.25. The van der Waals surface area contributed by atoms with E-state index in [2.05, 4.69) is 32.7 Å². The number of nitrogens with zero attached hydrogens (tertiary/aromatic N) is 3. The summed E-state index contributed by atoms with van der Waals surface area (Å²) >= 11 is 0. The third-order valence-electron chi connectivity index (χ3n) is 5.90. The summed E-state index contributed by atoms with van der Waals surface area (Å²) < 4.78 is 35.1. The van der Waals surface area contributed by atoms with Gasteiger partial charge in [-0.3, -0.25) is 0 Å². The van der Waals surface area contributed by atoms with E-state index in [1.54, 1.807) is 6.07 Å². The van der Waals surface area contributed by atoms with Crippen molar-refractivity contribution in [1.29, 1.82) is 0 Å². The van der Waals surface area contributed by atoms with Gasteiger partial charge in [-0.2, -0.15) is 0 Å². The molecule has 166 valence electrons. The molecule has 2 N–H and O–H groups in total. The van der Waals surface area contributed by atoms with Crippen molar-refractivity contribution in [1.82, 2.24) is 15.3 Å². The Labute approximate surface area is 185 Å². The molecule has 3 heterocycles. The van der Waals surface area contributed by atoms with Crippen LogP contribution >= 0.6 is 0 Å². The fraction of sp³-hybridized carbons (Fsp3) is 0.333. The zero-order valence-corrected chi connectivity index (χ0v) is 18.1. The van der Waals surface area contributed by atoms with Crippen LogP contribution < -0.4 is 20.3 Å². The minimum Gasteiger partial charge on any atom is -0.486 e. The number of benzene rings is 2. The molecular weight excluding hydrogens is 412 g/mol. The molecule has 3 aromatic rings. The molecular formula is C24H25F2N5O. The molecule has 0 bridgehead atoms. The van der Waals surface area contributed by atoms with E-state index in [1.165, 1.54) is 17.2 Å². The first-order valence-electron chi connectivity index (χ1n) is 10.8. The highest BCUT2D eigenvalue weighted by atomic mass is 19.1. The van der Waals surface area contributed by atoms with Gasteiger partial charge in [0.15, 0.2) is 17.4 Å². The molecule has 0 fully saturated rings. The number of nitrogens with one attached hydrogen (secondary N) is 2. The maximum atomic E-state index is 14.9. The number of anilines is 3. The summed E-state index contributed by atoms with van der Waals surface area (Å²) in [4.78, 5) is 10.5. The molecule has 0 saturated heterocycles. The van der Waals surface area contributed by atoms with Gasteiger partial charge in [-0.05, 0) is 62.2 Å². The van der Waals surface area contributed by atoms with Gasteiger partial charge in [0.25, 0.3) is 0 Å². The average Bonchev–Trinajstić information content (AvgIpc) is 2.79. The fourth-order valence-electron chi connectivity index (χ4n) is 4.29. The molecule has 0 saturated carbocycles. The van der Waals surface area contributed by atoms with Crippen molar-refractivity contribution in [2.45, 2.75) is 32.9 Å². The van der Waals surface area contributed by atoms with Crippen LogP contribution in [0.1, 0.15) is 25.0 Å². The van der Waals surface area contributed by atoms with Gasteiger partial charge >= 0.3 is 0 Å². The van der Waals surface area contributed by atoms with Gasteiger partial charge in [0.1, 0.15) is 12.3 Å². The summed E-state index contributed by atoms with van der Waals surface area (Å²) in [6.07, 6.45) is 2.06. The normalized spacial score (nSPS) is 15.2. The highest BCUT2D eigenvalue weighted by molar-refractivity contribution is 5.73. The molecule has 0 aliphatic carbocycles. The molecule has 32 heavy (non-hydrogen) atoms. The number of halogens is 2. The Morgan fingerprint density at radius 2 is 2.00 bits per heavy atom. The van der Waals surface area contributed by atoms with Crippen LogP contribution in [-0.4, -0.2) is 35.7 Å². The third-order valence-corrected chi connectivity index (χ3v) is 5.90. The van der Waals surface area contributed by atoms with E-state index in [-0.39, 0.29) is 23.4 Å². The number of hydrogen-bond acceptors (Lipinski definition) is 6. The summed E-state index contributed by atoms with van der Waals surface area (Å²) in [5, 5.41) is 6.51. The van der Waals surface area contributed by atoms with Gasteiger partial charge in [-0.15, -0.1) is 0 Å². The van der Waals surface area contributed by atoms with Gasteiger partial charge in [0.05, 0.1) is 18.4 Å². The molecule has 0 radical (unpaired) electrons. The lowest BCUT2D eigenvalue weighted by Crippen LogP contribution is -2.38.